The molecule has 0 aliphatic carbocycles. The van der Waals surface area contributed by atoms with Crippen molar-refractivity contribution in [3.63, 3.8) is 0 Å². The van der Waals surface area contributed by atoms with E-state index in [0.29, 0.717) is 11.5 Å². The molecule has 1 aromatic carbocycles. The average Bonchev–Trinajstić information content (AvgIpc) is 2.76. The highest BCUT2D eigenvalue weighted by Crippen LogP contribution is 2.29. The van der Waals surface area contributed by atoms with Gasteiger partial charge in [0.25, 0.3) is 5.88 Å². The third kappa shape index (κ3) is 1.95. The number of benzene rings is 1. The van der Waals surface area contributed by atoms with Gasteiger partial charge in [0.15, 0.2) is 5.58 Å². The Bertz CT molecular complexity index is 680. The van der Waals surface area contributed by atoms with Crippen molar-refractivity contribution >= 4 is 11.0 Å². The van der Waals surface area contributed by atoms with E-state index in [-0.39, 0.29) is 0 Å². The molecular formula is C15H13NO2. The van der Waals surface area contributed by atoms with E-state index in [0.717, 1.165) is 22.3 Å². The first-order valence-corrected chi connectivity index (χ1v) is 5.81. The second kappa shape index (κ2) is 4.18. The minimum Gasteiger partial charge on any atom is -0.459 e. The Morgan fingerprint density at radius 2 is 1.83 bits per heavy atom. The van der Waals surface area contributed by atoms with Gasteiger partial charge in [-0.3, -0.25) is 0 Å². The number of nitrogens with zero attached hydrogens (tertiary/aromatic N) is 1. The summed E-state index contributed by atoms with van der Waals surface area (Å²) in [5.41, 5.74) is 3.00. The summed E-state index contributed by atoms with van der Waals surface area (Å²) in [5.74, 6) is 1.28. The van der Waals surface area contributed by atoms with Gasteiger partial charge >= 0.3 is 0 Å². The van der Waals surface area contributed by atoms with Crippen molar-refractivity contribution in [2.45, 2.75) is 13.8 Å². The lowest BCUT2D eigenvalue weighted by Gasteiger charge is -2.07. The Hall–Kier alpha value is -2.29. The molecule has 3 rings (SSSR count). The molecule has 3 aromatic rings. The van der Waals surface area contributed by atoms with E-state index in [1.807, 2.05) is 38.1 Å². The summed E-state index contributed by atoms with van der Waals surface area (Å²) in [4.78, 5) is 4.22. The van der Waals surface area contributed by atoms with Gasteiger partial charge in [-0.05, 0) is 49.2 Å². The van der Waals surface area contributed by atoms with Gasteiger partial charge in [-0.25, -0.2) is 4.98 Å². The van der Waals surface area contributed by atoms with Gasteiger partial charge in [0.1, 0.15) is 5.75 Å². The van der Waals surface area contributed by atoms with Crippen LogP contribution in [-0.4, -0.2) is 4.98 Å². The lowest BCUT2D eigenvalue weighted by atomic mass is 10.1. The number of ether oxygens (including phenoxy) is 1. The van der Waals surface area contributed by atoms with Crippen molar-refractivity contribution in [1.82, 2.24) is 4.98 Å². The summed E-state index contributed by atoms with van der Waals surface area (Å²) >= 11 is 0. The number of furan rings is 1. The zero-order valence-corrected chi connectivity index (χ0v) is 10.3. The van der Waals surface area contributed by atoms with E-state index in [2.05, 4.69) is 11.1 Å². The van der Waals surface area contributed by atoms with Crippen molar-refractivity contribution in [1.29, 1.82) is 0 Å². The normalized spacial score (nSPS) is 10.8. The molecule has 0 fully saturated rings. The maximum atomic E-state index is 5.81. The highest BCUT2D eigenvalue weighted by atomic mass is 16.5. The largest absolute Gasteiger partial charge is 0.459 e. The summed E-state index contributed by atoms with van der Waals surface area (Å²) in [6.45, 7) is 4.08. The van der Waals surface area contributed by atoms with Crippen LogP contribution < -0.4 is 4.74 Å². The summed E-state index contributed by atoms with van der Waals surface area (Å²) in [5, 5.41) is 0.990. The van der Waals surface area contributed by atoms with Gasteiger partial charge in [0.05, 0.1) is 6.26 Å². The molecule has 0 saturated carbocycles. The minimum atomic E-state index is 0.502. The second-order valence-corrected chi connectivity index (χ2v) is 4.38. The highest BCUT2D eigenvalue weighted by molar-refractivity contribution is 5.81. The molecule has 3 nitrogen and oxygen atoms in total. The first kappa shape index (κ1) is 10.8. The highest BCUT2D eigenvalue weighted by Gasteiger charge is 2.08. The minimum absolute atomic E-state index is 0.502. The Morgan fingerprint density at radius 1 is 1.06 bits per heavy atom. The first-order chi connectivity index (χ1) is 8.72. The first-order valence-electron chi connectivity index (χ1n) is 5.81. The number of hydrogen-bond acceptors (Lipinski definition) is 3. The van der Waals surface area contributed by atoms with Gasteiger partial charge in [0, 0.05) is 11.6 Å². The standard InChI is InChI=1S/C15H13NO2/c1-10-7-11(2)9-13(8-10)18-15-14-12(3-5-16-15)4-6-17-14/h3-9H,1-2H3. The number of rotatable bonds is 2. The number of pyridine rings is 1. The Labute approximate surface area is 105 Å². The molecule has 2 aromatic heterocycles. The maximum Gasteiger partial charge on any atom is 0.263 e. The number of hydrogen-bond donors (Lipinski definition) is 0. The Kier molecular flexibility index (Phi) is 2.52. The molecule has 0 aliphatic rings. The SMILES string of the molecule is Cc1cc(C)cc(Oc2nccc3ccoc23)c1. The number of fused-ring (bicyclic) bond motifs is 1. The predicted molar refractivity (Wildman–Crippen MR) is 70.0 cm³/mol. The van der Waals surface area contributed by atoms with Crippen LogP contribution in [0.2, 0.25) is 0 Å². The molecule has 0 spiro atoms. The Balaban J connectivity index is 2.03. The van der Waals surface area contributed by atoms with E-state index in [1.54, 1.807) is 12.5 Å². The fourth-order valence-electron chi connectivity index (χ4n) is 2.04. The maximum absolute atomic E-state index is 5.81. The molecule has 0 amide bonds. The molecule has 0 unspecified atom stereocenters. The van der Waals surface area contributed by atoms with Gasteiger partial charge < -0.3 is 9.15 Å². The van der Waals surface area contributed by atoms with Crippen LogP contribution in [-0.2, 0) is 0 Å². The topological polar surface area (TPSA) is 35.3 Å². The van der Waals surface area contributed by atoms with E-state index >= 15 is 0 Å². The molecule has 2 heterocycles. The molecule has 0 N–H and O–H groups in total. The summed E-state index contributed by atoms with van der Waals surface area (Å²) < 4.78 is 11.2. The van der Waals surface area contributed by atoms with Crippen molar-refractivity contribution in [3.05, 3.63) is 53.9 Å². The van der Waals surface area contributed by atoms with Crippen LogP contribution in [0.5, 0.6) is 11.6 Å². The summed E-state index contributed by atoms with van der Waals surface area (Å²) in [6, 6.07) is 9.86. The number of aromatic nitrogens is 1. The Morgan fingerprint density at radius 3 is 2.61 bits per heavy atom. The zero-order chi connectivity index (χ0) is 12.5. The van der Waals surface area contributed by atoms with Gasteiger partial charge in [-0.2, -0.15) is 0 Å². The molecule has 90 valence electrons. The van der Waals surface area contributed by atoms with E-state index in [9.17, 15) is 0 Å². The van der Waals surface area contributed by atoms with Crippen molar-refractivity contribution in [3.8, 4) is 11.6 Å². The van der Waals surface area contributed by atoms with E-state index in [4.69, 9.17) is 9.15 Å². The molecule has 0 saturated heterocycles. The van der Waals surface area contributed by atoms with Crippen LogP contribution in [0.25, 0.3) is 11.0 Å². The molecule has 18 heavy (non-hydrogen) atoms. The fourth-order valence-corrected chi connectivity index (χ4v) is 2.04. The number of aryl methyl sites for hydroxylation is 2. The molecular weight excluding hydrogens is 226 g/mol. The molecule has 3 heteroatoms. The van der Waals surface area contributed by atoms with Crippen LogP contribution in [0.1, 0.15) is 11.1 Å². The van der Waals surface area contributed by atoms with E-state index in [1.165, 1.54) is 0 Å². The molecule has 0 bridgehead atoms. The van der Waals surface area contributed by atoms with Gasteiger partial charge in [-0.1, -0.05) is 6.07 Å². The lowest BCUT2D eigenvalue weighted by molar-refractivity contribution is 0.453. The van der Waals surface area contributed by atoms with Crippen molar-refractivity contribution in [2.24, 2.45) is 0 Å². The lowest BCUT2D eigenvalue weighted by Crippen LogP contribution is -1.89. The van der Waals surface area contributed by atoms with Crippen LogP contribution in [0.3, 0.4) is 0 Å². The quantitative estimate of drug-likeness (QED) is 0.671. The average molecular weight is 239 g/mol. The van der Waals surface area contributed by atoms with Crippen LogP contribution >= 0.6 is 0 Å². The van der Waals surface area contributed by atoms with Crippen molar-refractivity contribution < 1.29 is 9.15 Å². The predicted octanol–water partition coefficient (Wildman–Crippen LogP) is 4.24. The smallest absolute Gasteiger partial charge is 0.263 e. The van der Waals surface area contributed by atoms with E-state index < -0.39 is 0 Å². The monoisotopic (exact) mass is 239 g/mol. The third-order valence-corrected chi connectivity index (χ3v) is 2.75. The molecule has 0 radical (unpaired) electrons. The van der Waals surface area contributed by atoms with Gasteiger partial charge in [-0.15, -0.1) is 0 Å². The summed E-state index contributed by atoms with van der Waals surface area (Å²) in [7, 11) is 0. The van der Waals surface area contributed by atoms with Crippen LogP contribution in [0.4, 0.5) is 0 Å². The third-order valence-electron chi connectivity index (χ3n) is 2.75. The van der Waals surface area contributed by atoms with Gasteiger partial charge in [0.2, 0.25) is 0 Å². The van der Waals surface area contributed by atoms with Crippen LogP contribution in [0.15, 0.2) is 47.2 Å². The van der Waals surface area contributed by atoms with Crippen LogP contribution in [0, 0.1) is 13.8 Å². The van der Waals surface area contributed by atoms with Crippen molar-refractivity contribution in [2.75, 3.05) is 0 Å². The fraction of sp³-hybridized carbons (Fsp3) is 0.133. The molecule has 0 atom stereocenters. The summed E-state index contributed by atoms with van der Waals surface area (Å²) in [6.07, 6.45) is 3.36. The molecule has 0 aliphatic heterocycles. The zero-order valence-electron chi connectivity index (χ0n) is 10.3. The second-order valence-electron chi connectivity index (χ2n) is 4.38.